The summed E-state index contributed by atoms with van der Waals surface area (Å²) in [5.74, 6) is 0.820. The van der Waals surface area contributed by atoms with E-state index in [1.807, 2.05) is 35.8 Å². The van der Waals surface area contributed by atoms with Crippen LogP contribution in [-0.4, -0.2) is 14.8 Å². The van der Waals surface area contributed by atoms with E-state index in [-0.39, 0.29) is 0 Å². The van der Waals surface area contributed by atoms with Crippen LogP contribution in [0.5, 0.6) is 0 Å². The predicted octanol–water partition coefficient (Wildman–Crippen LogP) is 1.82. The number of nitrogen functional groups attached to an aromatic ring is 1. The van der Waals surface area contributed by atoms with Crippen molar-refractivity contribution in [3.05, 3.63) is 34.9 Å². The van der Waals surface area contributed by atoms with Gasteiger partial charge in [0.15, 0.2) is 4.77 Å². The summed E-state index contributed by atoms with van der Waals surface area (Å²) in [6.07, 6.45) is 0. The van der Waals surface area contributed by atoms with E-state index in [2.05, 4.69) is 10.2 Å². The molecule has 1 aromatic heterocycles. The summed E-state index contributed by atoms with van der Waals surface area (Å²) >= 11 is 5.10. The first kappa shape index (κ1) is 8.96. The SMILES string of the molecule is Cc1n[nH]c(=S)n1-c1cccc(N)c1. The van der Waals surface area contributed by atoms with Crippen LogP contribution in [0.2, 0.25) is 0 Å². The summed E-state index contributed by atoms with van der Waals surface area (Å²) in [6, 6.07) is 7.52. The molecule has 1 heterocycles. The Morgan fingerprint density at radius 3 is 2.86 bits per heavy atom. The molecule has 0 unspecified atom stereocenters. The molecule has 4 nitrogen and oxygen atoms in total. The van der Waals surface area contributed by atoms with Gasteiger partial charge in [-0.25, -0.2) is 0 Å². The van der Waals surface area contributed by atoms with Crippen LogP contribution in [-0.2, 0) is 0 Å². The third kappa shape index (κ3) is 1.42. The quantitative estimate of drug-likeness (QED) is 0.552. The lowest BCUT2D eigenvalue weighted by Gasteiger charge is -2.04. The maximum Gasteiger partial charge on any atom is 0.199 e. The molecule has 0 aliphatic rings. The smallest absolute Gasteiger partial charge is 0.199 e. The van der Waals surface area contributed by atoms with Gasteiger partial charge in [0.1, 0.15) is 5.82 Å². The molecule has 0 aliphatic carbocycles. The molecule has 14 heavy (non-hydrogen) atoms. The first-order chi connectivity index (χ1) is 6.68. The largest absolute Gasteiger partial charge is 0.399 e. The molecule has 0 bridgehead atoms. The zero-order valence-electron chi connectivity index (χ0n) is 7.69. The normalized spacial score (nSPS) is 10.4. The van der Waals surface area contributed by atoms with Crippen molar-refractivity contribution in [2.45, 2.75) is 6.92 Å². The van der Waals surface area contributed by atoms with Crippen molar-refractivity contribution >= 4 is 17.9 Å². The van der Waals surface area contributed by atoms with Gasteiger partial charge in [-0.3, -0.25) is 9.67 Å². The van der Waals surface area contributed by atoms with E-state index < -0.39 is 0 Å². The summed E-state index contributed by atoms with van der Waals surface area (Å²) in [5, 5.41) is 6.76. The maximum absolute atomic E-state index is 5.69. The highest BCUT2D eigenvalue weighted by molar-refractivity contribution is 7.71. The molecule has 0 saturated carbocycles. The average molecular weight is 206 g/mol. The van der Waals surface area contributed by atoms with E-state index in [1.165, 1.54) is 0 Å². The second kappa shape index (κ2) is 3.26. The van der Waals surface area contributed by atoms with Gasteiger partial charge in [-0.1, -0.05) is 6.07 Å². The van der Waals surface area contributed by atoms with Crippen molar-refractivity contribution < 1.29 is 0 Å². The molecule has 72 valence electrons. The van der Waals surface area contributed by atoms with Gasteiger partial charge in [0.2, 0.25) is 0 Å². The fourth-order valence-electron chi connectivity index (χ4n) is 1.34. The Hall–Kier alpha value is -1.62. The molecule has 2 aromatic rings. The minimum atomic E-state index is 0.577. The highest BCUT2D eigenvalue weighted by Crippen LogP contribution is 2.13. The number of anilines is 1. The number of nitrogens with one attached hydrogen (secondary N) is 1. The number of hydrogen-bond donors (Lipinski definition) is 2. The van der Waals surface area contributed by atoms with E-state index in [4.69, 9.17) is 18.0 Å². The van der Waals surface area contributed by atoms with Crippen molar-refractivity contribution in [2.24, 2.45) is 0 Å². The molecule has 0 radical (unpaired) electrons. The zero-order chi connectivity index (χ0) is 10.1. The highest BCUT2D eigenvalue weighted by atomic mass is 32.1. The summed E-state index contributed by atoms with van der Waals surface area (Å²) in [5.41, 5.74) is 7.33. The van der Waals surface area contributed by atoms with E-state index in [9.17, 15) is 0 Å². The highest BCUT2D eigenvalue weighted by Gasteiger charge is 2.02. The Morgan fingerprint density at radius 2 is 2.29 bits per heavy atom. The fourth-order valence-corrected chi connectivity index (χ4v) is 1.63. The van der Waals surface area contributed by atoms with Crippen LogP contribution in [0.1, 0.15) is 5.82 Å². The predicted molar refractivity (Wildman–Crippen MR) is 57.9 cm³/mol. The molecule has 1 aromatic carbocycles. The Morgan fingerprint density at radius 1 is 1.50 bits per heavy atom. The van der Waals surface area contributed by atoms with E-state index >= 15 is 0 Å². The van der Waals surface area contributed by atoms with Crippen LogP contribution >= 0.6 is 12.2 Å². The number of aryl methyl sites for hydroxylation is 1. The number of nitrogens with zero attached hydrogens (tertiary/aromatic N) is 2. The van der Waals surface area contributed by atoms with Gasteiger partial charge in [0.25, 0.3) is 0 Å². The molecule has 0 amide bonds. The van der Waals surface area contributed by atoms with E-state index in [0.29, 0.717) is 10.5 Å². The monoisotopic (exact) mass is 206 g/mol. The van der Waals surface area contributed by atoms with Gasteiger partial charge in [-0.15, -0.1) is 0 Å². The van der Waals surface area contributed by atoms with Gasteiger partial charge in [0, 0.05) is 5.69 Å². The molecular weight excluding hydrogens is 196 g/mol. The number of nitrogens with two attached hydrogens (primary N) is 1. The number of hydrogen-bond acceptors (Lipinski definition) is 3. The van der Waals surface area contributed by atoms with Gasteiger partial charge in [-0.05, 0) is 37.3 Å². The first-order valence-corrected chi connectivity index (χ1v) is 4.59. The Balaban J connectivity index is 2.66. The first-order valence-electron chi connectivity index (χ1n) is 4.18. The summed E-state index contributed by atoms with van der Waals surface area (Å²) in [4.78, 5) is 0. The molecule has 3 N–H and O–H groups in total. The molecule has 5 heteroatoms. The number of aromatic amines is 1. The van der Waals surface area contributed by atoms with Crippen LogP contribution in [0.4, 0.5) is 5.69 Å². The van der Waals surface area contributed by atoms with Gasteiger partial charge >= 0.3 is 0 Å². The number of H-pyrrole nitrogens is 1. The van der Waals surface area contributed by atoms with Crippen molar-refractivity contribution in [3.8, 4) is 5.69 Å². The Labute approximate surface area is 86.4 Å². The maximum atomic E-state index is 5.69. The molecule has 0 saturated heterocycles. The number of aromatic nitrogens is 3. The van der Waals surface area contributed by atoms with Crippen molar-refractivity contribution in [1.82, 2.24) is 14.8 Å². The lowest BCUT2D eigenvalue weighted by atomic mass is 10.3. The molecule has 2 rings (SSSR count). The standard InChI is InChI=1S/C9H10N4S/c1-6-11-12-9(14)13(6)8-4-2-3-7(10)5-8/h2-5H,10H2,1H3,(H,12,14). The molecule has 0 fully saturated rings. The lowest BCUT2D eigenvalue weighted by molar-refractivity contribution is 0.964. The Kier molecular flexibility index (Phi) is 2.09. The molecule has 0 atom stereocenters. The van der Waals surface area contributed by atoms with Crippen molar-refractivity contribution in [1.29, 1.82) is 0 Å². The lowest BCUT2D eigenvalue weighted by Crippen LogP contribution is -1.97. The van der Waals surface area contributed by atoms with Crippen LogP contribution in [0.25, 0.3) is 5.69 Å². The minimum absolute atomic E-state index is 0.577. The van der Waals surface area contributed by atoms with Gasteiger partial charge in [0.05, 0.1) is 5.69 Å². The van der Waals surface area contributed by atoms with Crippen molar-refractivity contribution in [2.75, 3.05) is 5.73 Å². The topological polar surface area (TPSA) is 59.6 Å². The minimum Gasteiger partial charge on any atom is -0.399 e. The third-order valence-electron chi connectivity index (χ3n) is 1.97. The Bertz CT molecular complexity index is 512. The van der Waals surface area contributed by atoms with Crippen LogP contribution < -0.4 is 5.73 Å². The second-order valence-electron chi connectivity index (χ2n) is 3.01. The third-order valence-corrected chi connectivity index (χ3v) is 2.24. The van der Waals surface area contributed by atoms with Crippen LogP contribution in [0.3, 0.4) is 0 Å². The van der Waals surface area contributed by atoms with E-state index in [1.54, 1.807) is 0 Å². The molecule has 0 aliphatic heterocycles. The molecular formula is C9H10N4S. The van der Waals surface area contributed by atoms with Crippen molar-refractivity contribution in [3.63, 3.8) is 0 Å². The van der Waals surface area contributed by atoms with Gasteiger partial charge in [-0.2, -0.15) is 5.10 Å². The average Bonchev–Trinajstić information content (AvgIpc) is 2.46. The number of rotatable bonds is 1. The fraction of sp³-hybridized carbons (Fsp3) is 0.111. The number of benzene rings is 1. The van der Waals surface area contributed by atoms with Crippen LogP contribution in [0.15, 0.2) is 24.3 Å². The summed E-state index contributed by atoms with van der Waals surface area (Å²) in [6.45, 7) is 1.88. The molecule has 0 spiro atoms. The van der Waals surface area contributed by atoms with Crippen LogP contribution in [0, 0.1) is 11.7 Å². The second-order valence-corrected chi connectivity index (χ2v) is 3.39. The zero-order valence-corrected chi connectivity index (χ0v) is 8.51. The van der Waals surface area contributed by atoms with Gasteiger partial charge < -0.3 is 5.73 Å². The summed E-state index contributed by atoms with van der Waals surface area (Å²) in [7, 11) is 0. The van der Waals surface area contributed by atoms with E-state index in [0.717, 1.165) is 11.5 Å². The summed E-state index contributed by atoms with van der Waals surface area (Å²) < 4.78 is 2.42.